The first-order chi connectivity index (χ1) is 7.42. The third-order valence-electron chi connectivity index (χ3n) is 2.20. The smallest absolute Gasteiger partial charge is 0.289 e. The van der Waals surface area contributed by atoms with Crippen molar-refractivity contribution < 1.29 is 23.0 Å². The summed E-state index contributed by atoms with van der Waals surface area (Å²) in [5, 5.41) is 8.45. The number of methoxy groups -OCH3 is 1. The predicted molar refractivity (Wildman–Crippen MR) is 59.2 cm³/mol. The van der Waals surface area contributed by atoms with E-state index in [1.807, 2.05) is 0 Å². The lowest BCUT2D eigenvalue weighted by atomic mass is 10.0. The topological polar surface area (TPSA) is 55.5 Å². The first-order valence-corrected chi connectivity index (χ1v) is 4.50. The Morgan fingerprint density at radius 3 is 2.47 bits per heavy atom. The fraction of sp³-hybridized carbons (Fsp3) is 0.400. The third-order valence-corrected chi connectivity index (χ3v) is 2.20. The number of nitrogens with two attached hydrogens (primary N) is 1. The van der Waals surface area contributed by atoms with Crippen LogP contribution in [0, 0.1) is 5.82 Å². The lowest BCUT2D eigenvalue weighted by molar-refractivity contribution is -0.0712. The molecule has 0 fully saturated rings. The van der Waals surface area contributed by atoms with E-state index in [0.29, 0.717) is 0 Å². The second-order valence-corrected chi connectivity index (χ2v) is 3.29. The molecule has 0 heterocycles. The average molecular weight is 272 g/mol. The molecule has 0 radical (unpaired) electrons. The molecule has 0 unspecified atom stereocenters. The van der Waals surface area contributed by atoms with E-state index in [-0.39, 0.29) is 23.7 Å². The van der Waals surface area contributed by atoms with E-state index in [0.717, 1.165) is 6.07 Å². The van der Waals surface area contributed by atoms with Crippen LogP contribution >= 0.6 is 12.4 Å². The van der Waals surface area contributed by atoms with Gasteiger partial charge in [0.1, 0.15) is 6.61 Å². The quantitative estimate of drug-likeness (QED) is 0.879. The maximum absolute atomic E-state index is 13.2. The summed E-state index contributed by atoms with van der Waals surface area (Å²) in [5.41, 5.74) is 5.13. The van der Waals surface area contributed by atoms with Gasteiger partial charge in [-0.2, -0.15) is 0 Å². The van der Waals surface area contributed by atoms with Gasteiger partial charge in [-0.15, -0.1) is 12.4 Å². The minimum atomic E-state index is -3.49. The summed E-state index contributed by atoms with van der Waals surface area (Å²) < 4.78 is 43.9. The summed E-state index contributed by atoms with van der Waals surface area (Å²) in [4.78, 5) is 0. The van der Waals surface area contributed by atoms with Crippen molar-refractivity contribution in [1.29, 1.82) is 0 Å². The molecule has 3 N–H and O–H groups in total. The van der Waals surface area contributed by atoms with Gasteiger partial charge < -0.3 is 15.6 Å². The molecule has 17 heavy (non-hydrogen) atoms. The highest BCUT2D eigenvalue weighted by Crippen LogP contribution is 2.30. The Balaban J connectivity index is 0.00000256. The number of aliphatic hydroxyl groups excluding tert-OH is 1. The van der Waals surface area contributed by atoms with E-state index in [1.54, 1.807) is 0 Å². The van der Waals surface area contributed by atoms with Crippen molar-refractivity contribution in [3.8, 4) is 5.75 Å². The molecular weight excluding hydrogens is 259 g/mol. The molecule has 0 spiro atoms. The van der Waals surface area contributed by atoms with Gasteiger partial charge in [0.2, 0.25) is 0 Å². The number of halogens is 4. The zero-order chi connectivity index (χ0) is 12.3. The molecule has 0 aliphatic rings. The maximum Gasteiger partial charge on any atom is 0.289 e. The molecule has 1 aromatic carbocycles. The molecule has 1 aromatic rings. The second kappa shape index (κ2) is 6.09. The largest absolute Gasteiger partial charge is 0.494 e. The van der Waals surface area contributed by atoms with Crippen molar-refractivity contribution in [2.75, 3.05) is 13.7 Å². The zero-order valence-corrected chi connectivity index (χ0v) is 9.81. The Hall–Kier alpha value is -0.980. The van der Waals surface area contributed by atoms with Crippen LogP contribution in [0.15, 0.2) is 18.2 Å². The first kappa shape index (κ1) is 16.0. The summed E-state index contributed by atoms with van der Waals surface area (Å²) in [6.45, 7) is -1.39. The molecule has 0 saturated heterocycles. The van der Waals surface area contributed by atoms with Crippen molar-refractivity contribution in [1.82, 2.24) is 0 Å². The van der Waals surface area contributed by atoms with E-state index in [4.69, 9.17) is 10.8 Å². The van der Waals surface area contributed by atoms with E-state index in [2.05, 4.69) is 4.74 Å². The number of hydrogen-bond donors (Lipinski definition) is 2. The molecule has 1 atom stereocenters. The lowest BCUT2D eigenvalue weighted by Gasteiger charge is -2.21. The minimum Gasteiger partial charge on any atom is -0.494 e. The summed E-state index contributed by atoms with van der Waals surface area (Å²) >= 11 is 0. The Labute approximate surface area is 103 Å². The molecule has 7 heteroatoms. The summed E-state index contributed by atoms with van der Waals surface area (Å²) in [6.07, 6.45) is 0. The van der Waals surface area contributed by atoms with Gasteiger partial charge >= 0.3 is 0 Å². The monoisotopic (exact) mass is 271 g/mol. The van der Waals surface area contributed by atoms with E-state index < -0.39 is 24.4 Å². The highest BCUT2D eigenvalue weighted by molar-refractivity contribution is 5.85. The van der Waals surface area contributed by atoms with Gasteiger partial charge in [-0.3, -0.25) is 0 Å². The minimum absolute atomic E-state index is 0. The molecule has 0 amide bonds. The Kier molecular flexibility index (Phi) is 5.74. The lowest BCUT2D eigenvalue weighted by Crippen LogP contribution is -2.36. The predicted octanol–water partition coefficient (Wildman–Crippen LogP) is 1.88. The van der Waals surface area contributed by atoms with Crippen molar-refractivity contribution in [2.24, 2.45) is 5.73 Å². The van der Waals surface area contributed by atoms with Crippen LogP contribution in [0.4, 0.5) is 13.2 Å². The standard InChI is InChI=1S/C10H12F3NO2.ClH/c1-16-8-3-2-6(4-7(8)11)9(14)10(12,13)5-15;/h2-4,9,15H,5,14H2,1H3;1H/t9-;/m0./s1. The average Bonchev–Trinajstić information content (AvgIpc) is 2.27. The summed E-state index contributed by atoms with van der Waals surface area (Å²) in [5.74, 6) is -4.31. The number of alkyl halides is 2. The SMILES string of the molecule is COc1ccc([C@H](N)C(F)(F)CO)cc1F.Cl. The van der Waals surface area contributed by atoms with E-state index in [9.17, 15) is 13.2 Å². The molecule has 0 aromatic heterocycles. The molecule has 98 valence electrons. The van der Waals surface area contributed by atoms with Crippen LogP contribution in [0.2, 0.25) is 0 Å². The normalized spacial score (nSPS) is 12.8. The van der Waals surface area contributed by atoms with Crippen LogP contribution in [0.25, 0.3) is 0 Å². The molecule has 0 aliphatic carbocycles. The fourth-order valence-electron chi connectivity index (χ4n) is 1.22. The van der Waals surface area contributed by atoms with E-state index >= 15 is 0 Å². The van der Waals surface area contributed by atoms with Crippen molar-refractivity contribution in [3.63, 3.8) is 0 Å². The number of aliphatic hydroxyl groups is 1. The summed E-state index contributed by atoms with van der Waals surface area (Å²) in [7, 11) is 1.26. The number of hydrogen-bond acceptors (Lipinski definition) is 3. The van der Waals surface area contributed by atoms with Crippen LogP contribution in [0.5, 0.6) is 5.75 Å². The van der Waals surface area contributed by atoms with Crippen LogP contribution in [-0.2, 0) is 0 Å². The van der Waals surface area contributed by atoms with Gasteiger partial charge in [0.05, 0.1) is 13.2 Å². The van der Waals surface area contributed by atoms with Gasteiger partial charge in [-0.1, -0.05) is 6.07 Å². The zero-order valence-electron chi connectivity index (χ0n) is 8.99. The first-order valence-electron chi connectivity index (χ1n) is 4.50. The molecular formula is C10H13ClF3NO2. The molecule has 0 saturated carbocycles. The fourth-order valence-corrected chi connectivity index (χ4v) is 1.22. The van der Waals surface area contributed by atoms with Gasteiger partial charge in [0.25, 0.3) is 5.92 Å². The molecule has 0 aliphatic heterocycles. The molecule has 1 rings (SSSR count). The maximum atomic E-state index is 13.2. The highest BCUT2D eigenvalue weighted by Gasteiger charge is 2.37. The van der Waals surface area contributed by atoms with Gasteiger partial charge in [-0.05, 0) is 17.7 Å². The number of benzene rings is 1. The van der Waals surface area contributed by atoms with Crippen LogP contribution in [0.1, 0.15) is 11.6 Å². The van der Waals surface area contributed by atoms with Gasteiger partial charge in [0.15, 0.2) is 11.6 Å². The molecule has 3 nitrogen and oxygen atoms in total. The Morgan fingerprint density at radius 2 is 2.06 bits per heavy atom. The highest BCUT2D eigenvalue weighted by atomic mass is 35.5. The Bertz CT molecular complexity index is 377. The second-order valence-electron chi connectivity index (χ2n) is 3.29. The van der Waals surface area contributed by atoms with Crippen molar-refractivity contribution in [3.05, 3.63) is 29.6 Å². The van der Waals surface area contributed by atoms with Gasteiger partial charge in [0, 0.05) is 0 Å². The van der Waals surface area contributed by atoms with Crippen LogP contribution in [-0.4, -0.2) is 24.7 Å². The third kappa shape index (κ3) is 3.49. The van der Waals surface area contributed by atoms with Crippen LogP contribution in [0.3, 0.4) is 0 Å². The number of rotatable bonds is 4. The van der Waals surface area contributed by atoms with Crippen molar-refractivity contribution in [2.45, 2.75) is 12.0 Å². The summed E-state index contributed by atoms with van der Waals surface area (Å²) in [6, 6.07) is 1.55. The number of ether oxygens (including phenoxy) is 1. The molecule has 0 bridgehead atoms. The Morgan fingerprint density at radius 1 is 1.47 bits per heavy atom. The van der Waals surface area contributed by atoms with Crippen LogP contribution < -0.4 is 10.5 Å². The van der Waals surface area contributed by atoms with Crippen molar-refractivity contribution >= 4 is 12.4 Å². The van der Waals surface area contributed by atoms with Gasteiger partial charge in [-0.25, -0.2) is 13.2 Å². The van der Waals surface area contributed by atoms with E-state index in [1.165, 1.54) is 19.2 Å².